The van der Waals surface area contributed by atoms with Gasteiger partial charge in [-0.2, -0.15) is 0 Å². The zero-order valence-electron chi connectivity index (χ0n) is 11.5. The number of ether oxygens (including phenoxy) is 2. The molecule has 0 saturated heterocycles. The second kappa shape index (κ2) is 5.88. The summed E-state index contributed by atoms with van der Waals surface area (Å²) in [6.45, 7) is 1.89. The smallest absolute Gasteiger partial charge is 0.153 e. The van der Waals surface area contributed by atoms with E-state index in [0.29, 0.717) is 33.7 Å². The molecule has 5 nitrogen and oxygen atoms in total. The molecule has 0 bridgehead atoms. The predicted octanol–water partition coefficient (Wildman–Crippen LogP) is 3.39. The number of pyridine rings is 1. The summed E-state index contributed by atoms with van der Waals surface area (Å²) in [6.07, 6.45) is 0. The van der Waals surface area contributed by atoms with Crippen LogP contribution in [0.15, 0.2) is 24.3 Å². The number of aryl methyl sites for hydroxylation is 1. The largest absolute Gasteiger partial charge is 0.495 e. The van der Waals surface area contributed by atoms with Crippen LogP contribution in [0.25, 0.3) is 0 Å². The zero-order chi connectivity index (χ0) is 14.7. The first-order valence-electron chi connectivity index (χ1n) is 5.96. The van der Waals surface area contributed by atoms with Crippen molar-refractivity contribution in [1.82, 2.24) is 4.98 Å². The predicted molar refractivity (Wildman–Crippen MR) is 81.2 cm³/mol. The van der Waals surface area contributed by atoms with E-state index in [1.807, 2.05) is 13.0 Å². The van der Waals surface area contributed by atoms with Crippen molar-refractivity contribution in [3.05, 3.63) is 35.0 Å². The van der Waals surface area contributed by atoms with Gasteiger partial charge in [-0.3, -0.25) is 0 Å². The summed E-state index contributed by atoms with van der Waals surface area (Å²) in [5.41, 5.74) is 7.98. The first kappa shape index (κ1) is 14.3. The Balaban J connectivity index is 2.42. The average molecular weight is 294 g/mol. The van der Waals surface area contributed by atoms with Crippen molar-refractivity contribution in [3.8, 4) is 11.5 Å². The van der Waals surface area contributed by atoms with Crippen LogP contribution in [0.5, 0.6) is 11.5 Å². The maximum Gasteiger partial charge on any atom is 0.153 e. The molecule has 0 aliphatic carbocycles. The van der Waals surface area contributed by atoms with E-state index in [0.717, 1.165) is 5.69 Å². The number of anilines is 3. The number of nitrogens with one attached hydrogen (secondary N) is 1. The molecule has 0 aliphatic heterocycles. The summed E-state index contributed by atoms with van der Waals surface area (Å²) in [4.78, 5) is 4.35. The van der Waals surface area contributed by atoms with E-state index in [-0.39, 0.29) is 0 Å². The average Bonchev–Trinajstić information content (AvgIpc) is 2.43. The van der Waals surface area contributed by atoms with Gasteiger partial charge < -0.3 is 20.5 Å². The summed E-state index contributed by atoms with van der Waals surface area (Å²) in [5.74, 6) is 1.69. The molecule has 0 spiro atoms. The van der Waals surface area contributed by atoms with Crippen molar-refractivity contribution in [2.24, 2.45) is 0 Å². The maximum atomic E-state index is 6.12. The maximum absolute atomic E-state index is 6.12. The molecule has 1 aromatic heterocycles. The van der Waals surface area contributed by atoms with Gasteiger partial charge in [-0.15, -0.1) is 0 Å². The number of rotatable bonds is 4. The number of nitrogen functional groups attached to an aromatic ring is 1. The van der Waals surface area contributed by atoms with Crippen LogP contribution in [0.4, 0.5) is 17.2 Å². The molecule has 0 unspecified atom stereocenters. The summed E-state index contributed by atoms with van der Waals surface area (Å²) in [5, 5.41) is 3.60. The first-order valence-corrected chi connectivity index (χ1v) is 6.34. The number of hydrogen-bond acceptors (Lipinski definition) is 5. The van der Waals surface area contributed by atoms with Crippen LogP contribution in [0.3, 0.4) is 0 Å². The molecule has 20 heavy (non-hydrogen) atoms. The van der Waals surface area contributed by atoms with Crippen molar-refractivity contribution in [1.29, 1.82) is 0 Å². The fourth-order valence-electron chi connectivity index (χ4n) is 1.75. The van der Waals surface area contributed by atoms with Crippen LogP contribution in [-0.2, 0) is 0 Å². The van der Waals surface area contributed by atoms with Gasteiger partial charge >= 0.3 is 0 Å². The lowest BCUT2D eigenvalue weighted by Crippen LogP contribution is -2.02. The van der Waals surface area contributed by atoms with E-state index in [1.165, 1.54) is 0 Å². The number of nitrogens with two attached hydrogens (primary N) is 1. The molecule has 0 saturated carbocycles. The highest BCUT2D eigenvalue weighted by Crippen LogP contribution is 2.37. The number of nitrogens with zero attached hydrogens (tertiary/aromatic N) is 1. The third kappa shape index (κ3) is 2.88. The minimum absolute atomic E-state index is 0.474. The molecule has 106 valence electrons. The quantitative estimate of drug-likeness (QED) is 0.904. The van der Waals surface area contributed by atoms with Gasteiger partial charge in [0, 0.05) is 11.8 Å². The number of aromatic nitrogens is 1. The second-order valence-electron chi connectivity index (χ2n) is 4.20. The lowest BCUT2D eigenvalue weighted by molar-refractivity contribution is 0.396. The van der Waals surface area contributed by atoms with E-state index >= 15 is 0 Å². The molecule has 1 heterocycles. The molecule has 0 amide bonds. The number of methoxy groups -OCH3 is 2. The number of benzene rings is 1. The van der Waals surface area contributed by atoms with Crippen LogP contribution >= 0.6 is 11.6 Å². The molecule has 0 atom stereocenters. The van der Waals surface area contributed by atoms with Crippen LogP contribution < -0.4 is 20.5 Å². The molecule has 2 aromatic rings. The highest BCUT2D eigenvalue weighted by molar-refractivity contribution is 6.32. The lowest BCUT2D eigenvalue weighted by Gasteiger charge is -2.14. The Kier molecular flexibility index (Phi) is 4.20. The second-order valence-corrected chi connectivity index (χ2v) is 4.61. The van der Waals surface area contributed by atoms with Gasteiger partial charge in [-0.05, 0) is 25.1 Å². The normalized spacial score (nSPS) is 10.2. The van der Waals surface area contributed by atoms with Gasteiger partial charge in [-0.25, -0.2) is 4.98 Å². The van der Waals surface area contributed by atoms with Gasteiger partial charge in [0.2, 0.25) is 0 Å². The molecule has 1 aromatic carbocycles. The molecular weight excluding hydrogens is 278 g/mol. The fraction of sp³-hybridized carbons (Fsp3) is 0.214. The highest BCUT2D eigenvalue weighted by atomic mass is 35.5. The molecule has 0 aliphatic rings. The van der Waals surface area contributed by atoms with E-state index in [9.17, 15) is 0 Å². The Bertz CT molecular complexity index is 632. The Morgan fingerprint density at radius 3 is 2.50 bits per heavy atom. The number of halogens is 1. The van der Waals surface area contributed by atoms with E-state index in [4.69, 9.17) is 26.8 Å². The van der Waals surface area contributed by atoms with Crippen LogP contribution in [0, 0.1) is 6.92 Å². The Morgan fingerprint density at radius 2 is 1.85 bits per heavy atom. The summed E-state index contributed by atoms with van der Waals surface area (Å²) in [7, 11) is 3.12. The summed E-state index contributed by atoms with van der Waals surface area (Å²) >= 11 is 6.12. The third-order valence-corrected chi connectivity index (χ3v) is 3.09. The van der Waals surface area contributed by atoms with Gasteiger partial charge in [-0.1, -0.05) is 11.6 Å². The summed E-state index contributed by atoms with van der Waals surface area (Å²) < 4.78 is 10.5. The minimum Gasteiger partial charge on any atom is -0.495 e. The Morgan fingerprint density at radius 1 is 1.15 bits per heavy atom. The topological polar surface area (TPSA) is 69.4 Å². The molecular formula is C14H16ClN3O2. The van der Waals surface area contributed by atoms with E-state index in [2.05, 4.69) is 10.3 Å². The monoisotopic (exact) mass is 293 g/mol. The van der Waals surface area contributed by atoms with E-state index < -0.39 is 0 Å². The van der Waals surface area contributed by atoms with Crippen molar-refractivity contribution in [2.75, 3.05) is 25.3 Å². The van der Waals surface area contributed by atoms with Crippen LogP contribution in [-0.4, -0.2) is 19.2 Å². The Labute approximate surface area is 122 Å². The number of hydrogen-bond donors (Lipinski definition) is 2. The van der Waals surface area contributed by atoms with Crippen molar-refractivity contribution < 1.29 is 9.47 Å². The molecule has 0 radical (unpaired) electrons. The Hall–Kier alpha value is -2.14. The van der Waals surface area contributed by atoms with Gasteiger partial charge in [0.05, 0.1) is 30.6 Å². The SMILES string of the molecule is COc1cc(OC)c(Nc2nc(C)ccc2N)cc1Cl. The standard InChI is InChI=1S/C14H16ClN3O2/c1-8-4-5-10(16)14(17-8)18-11-6-9(15)12(19-2)7-13(11)20-3/h4-7H,16H2,1-3H3,(H,17,18). The molecule has 2 rings (SSSR count). The lowest BCUT2D eigenvalue weighted by atomic mass is 10.2. The summed E-state index contributed by atoms with van der Waals surface area (Å²) in [6, 6.07) is 7.06. The molecule has 0 fully saturated rings. The van der Waals surface area contributed by atoms with E-state index in [1.54, 1.807) is 32.4 Å². The minimum atomic E-state index is 0.474. The third-order valence-electron chi connectivity index (χ3n) is 2.79. The van der Waals surface area contributed by atoms with Gasteiger partial charge in [0.25, 0.3) is 0 Å². The van der Waals surface area contributed by atoms with Gasteiger partial charge in [0.1, 0.15) is 11.5 Å². The van der Waals surface area contributed by atoms with Crippen LogP contribution in [0.2, 0.25) is 5.02 Å². The van der Waals surface area contributed by atoms with Crippen molar-refractivity contribution in [3.63, 3.8) is 0 Å². The van der Waals surface area contributed by atoms with Crippen molar-refractivity contribution in [2.45, 2.75) is 6.92 Å². The van der Waals surface area contributed by atoms with Crippen LogP contribution in [0.1, 0.15) is 5.69 Å². The van der Waals surface area contributed by atoms with Gasteiger partial charge in [0.15, 0.2) is 5.82 Å². The fourth-order valence-corrected chi connectivity index (χ4v) is 1.99. The zero-order valence-corrected chi connectivity index (χ0v) is 12.3. The highest BCUT2D eigenvalue weighted by Gasteiger charge is 2.11. The molecule has 3 N–H and O–H groups in total. The first-order chi connectivity index (χ1) is 9.55. The molecule has 6 heteroatoms. The van der Waals surface area contributed by atoms with Crippen molar-refractivity contribution >= 4 is 28.8 Å².